The highest BCUT2D eigenvalue weighted by molar-refractivity contribution is 5.93. The molecule has 0 saturated carbocycles. The highest BCUT2D eigenvalue weighted by atomic mass is 19.4. The Morgan fingerprint density at radius 3 is 2.35 bits per heavy atom. The molecular weight excluding hydrogens is 542 g/mol. The van der Waals surface area contributed by atoms with Crippen molar-refractivity contribution >= 4 is 11.7 Å². The van der Waals surface area contributed by atoms with Crippen molar-refractivity contribution in [1.82, 2.24) is 9.88 Å². The van der Waals surface area contributed by atoms with Crippen molar-refractivity contribution in [3.63, 3.8) is 0 Å². The zero-order valence-corrected chi connectivity index (χ0v) is 23.9. The number of likely N-dealkylation sites (tertiary alicyclic amines) is 1. The summed E-state index contributed by atoms with van der Waals surface area (Å²) in [6.45, 7) is 11.6. The van der Waals surface area contributed by atoms with Gasteiger partial charge in [0.1, 0.15) is 18.1 Å². The topological polar surface area (TPSA) is 67.6 Å². The number of hydrogen-bond acceptors (Lipinski definition) is 5. The van der Waals surface area contributed by atoms with Gasteiger partial charge in [-0.1, -0.05) is 39.6 Å². The van der Waals surface area contributed by atoms with Gasteiger partial charge in [-0.05, 0) is 30.5 Å². The summed E-state index contributed by atoms with van der Waals surface area (Å²) in [5.41, 5.74) is -0.453. The lowest BCUT2D eigenvalue weighted by atomic mass is 9.86. The van der Waals surface area contributed by atoms with Crippen molar-refractivity contribution in [1.29, 1.82) is 0 Å². The van der Waals surface area contributed by atoms with Crippen LogP contribution in [0, 0.1) is 11.7 Å². The molecular formula is C27H39F6N4O3+. The Hall–Kier alpha value is -2.93. The number of nitrogens with zero attached hydrogens (tertiary/aromatic N) is 3. The number of nitrogens with one attached hydrogen (secondary N) is 1. The molecule has 1 fully saturated rings. The summed E-state index contributed by atoms with van der Waals surface area (Å²) in [4.78, 5) is 26.9. The minimum absolute atomic E-state index is 0.0299. The SMILES string of the molecule is CC.CC(C)C.COO[n+]1ccc(C2CN(C(C)C(=O)Nc3ccc(F)cn3)CCC2(F)F)cc1CC(F)(F)F. The fraction of sp³-hybridized carbons (Fsp3) is 0.593. The van der Waals surface area contributed by atoms with Crippen LogP contribution in [0.5, 0.6) is 0 Å². The average Bonchev–Trinajstić information content (AvgIpc) is 2.86. The van der Waals surface area contributed by atoms with Crippen LogP contribution in [-0.4, -0.2) is 54.1 Å². The van der Waals surface area contributed by atoms with Crippen molar-refractivity contribution < 1.29 is 45.7 Å². The largest absolute Gasteiger partial charge is 0.399 e. The lowest BCUT2D eigenvalue weighted by molar-refractivity contribution is -0.961. The molecule has 1 saturated heterocycles. The van der Waals surface area contributed by atoms with E-state index >= 15 is 0 Å². The molecule has 2 aromatic rings. The molecule has 2 unspecified atom stereocenters. The zero-order valence-electron chi connectivity index (χ0n) is 23.9. The van der Waals surface area contributed by atoms with Crippen LogP contribution in [0.1, 0.15) is 65.1 Å². The number of piperidine rings is 1. The van der Waals surface area contributed by atoms with E-state index in [0.717, 1.165) is 37.6 Å². The Balaban J connectivity index is 0.00000122. The molecule has 40 heavy (non-hydrogen) atoms. The van der Waals surface area contributed by atoms with Gasteiger partial charge in [-0.3, -0.25) is 9.69 Å². The van der Waals surface area contributed by atoms with Gasteiger partial charge >= 0.3 is 6.18 Å². The van der Waals surface area contributed by atoms with E-state index in [4.69, 9.17) is 0 Å². The van der Waals surface area contributed by atoms with E-state index in [2.05, 4.69) is 40.9 Å². The van der Waals surface area contributed by atoms with Gasteiger partial charge in [-0.25, -0.2) is 18.2 Å². The molecule has 3 rings (SSSR count). The number of amides is 1. The van der Waals surface area contributed by atoms with E-state index in [9.17, 15) is 31.1 Å². The predicted octanol–water partition coefficient (Wildman–Crippen LogP) is 5.74. The number of hydrogen-bond donors (Lipinski definition) is 1. The third-order valence-electron chi connectivity index (χ3n) is 5.52. The fourth-order valence-corrected chi connectivity index (χ4v) is 3.73. The molecule has 226 valence electrons. The van der Waals surface area contributed by atoms with E-state index in [1.54, 1.807) is 0 Å². The number of pyridine rings is 2. The molecule has 3 heterocycles. The summed E-state index contributed by atoms with van der Waals surface area (Å²) >= 11 is 0. The Morgan fingerprint density at radius 1 is 1.20 bits per heavy atom. The minimum Gasteiger partial charge on any atom is -0.309 e. The Bertz CT molecular complexity index is 1050. The van der Waals surface area contributed by atoms with Crippen LogP contribution in [0.3, 0.4) is 0 Å². The number of alkyl halides is 5. The predicted molar refractivity (Wildman–Crippen MR) is 138 cm³/mol. The zero-order chi connectivity index (χ0) is 30.7. The van der Waals surface area contributed by atoms with Gasteiger partial charge in [0.15, 0.2) is 0 Å². The van der Waals surface area contributed by atoms with Gasteiger partial charge in [0.2, 0.25) is 17.8 Å². The van der Waals surface area contributed by atoms with Gasteiger partial charge in [-0.2, -0.15) is 13.2 Å². The van der Waals surface area contributed by atoms with E-state index < -0.39 is 54.3 Å². The summed E-state index contributed by atoms with van der Waals surface area (Å²) in [5.74, 6) is -4.88. The van der Waals surface area contributed by atoms with Gasteiger partial charge in [0.05, 0.1) is 25.3 Å². The number of anilines is 1. The first kappa shape index (κ1) is 35.1. The molecule has 0 bridgehead atoms. The number of halogens is 6. The molecule has 0 aliphatic carbocycles. The van der Waals surface area contributed by atoms with E-state index in [1.165, 1.54) is 24.0 Å². The lowest BCUT2D eigenvalue weighted by Crippen LogP contribution is -2.52. The molecule has 0 aromatic carbocycles. The number of carbonyl (C=O) groups excluding carboxylic acids is 1. The van der Waals surface area contributed by atoms with Gasteiger partial charge in [-0.15, -0.1) is 4.89 Å². The number of carbonyl (C=O) groups is 1. The summed E-state index contributed by atoms with van der Waals surface area (Å²) in [7, 11) is 1.10. The molecule has 1 aliphatic heterocycles. The van der Waals surface area contributed by atoms with E-state index in [1.807, 2.05) is 13.8 Å². The van der Waals surface area contributed by atoms with Crippen LogP contribution in [0.4, 0.5) is 32.2 Å². The third-order valence-corrected chi connectivity index (χ3v) is 5.52. The highest BCUT2D eigenvalue weighted by Crippen LogP contribution is 2.41. The van der Waals surface area contributed by atoms with Crippen molar-refractivity contribution in [3.05, 3.63) is 53.7 Å². The third kappa shape index (κ3) is 11.3. The maximum atomic E-state index is 14.8. The van der Waals surface area contributed by atoms with Crippen LogP contribution < -0.4 is 15.0 Å². The Kier molecular flexibility index (Phi) is 13.8. The van der Waals surface area contributed by atoms with E-state index in [-0.39, 0.29) is 24.5 Å². The first-order chi connectivity index (χ1) is 18.6. The summed E-state index contributed by atoms with van der Waals surface area (Å²) in [5, 5.41) is 2.49. The van der Waals surface area contributed by atoms with Gasteiger partial charge < -0.3 is 5.32 Å². The molecule has 7 nitrogen and oxygen atoms in total. The van der Waals surface area contributed by atoms with E-state index in [0.29, 0.717) is 4.73 Å². The van der Waals surface area contributed by atoms with Crippen LogP contribution in [0.25, 0.3) is 0 Å². The molecule has 0 radical (unpaired) electrons. The smallest absolute Gasteiger partial charge is 0.309 e. The average molecular weight is 582 g/mol. The van der Waals surface area contributed by atoms with Crippen molar-refractivity contribution in [3.8, 4) is 0 Å². The maximum absolute atomic E-state index is 14.8. The van der Waals surface area contributed by atoms with Crippen LogP contribution in [0.15, 0.2) is 36.7 Å². The second kappa shape index (κ2) is 15.8. The highest BCUT2D eigenvalue weighted by Gasteiger charge is 2.47. The maximum Gasteiger partial charge on any atom is 0.399 e. The van der Waals surface area contributed by atoms with Crippen molar-refractivity contribution in [2.75, 3.05) is 25.5 Å². The molecule has 1 aliphatic rings. The Labute approximate surface area is 231 Å². The molecule has 1 amide bonds. The van der Waals surface area contributed by atoms with Crippen LogP contribution >= 0.6 is 0 Å². The molecule has 1 N–H and O–H groups in total. The standard InChI is InChI=1S/C21H22F6N4O3.C4H10.C2H6/c1-13(19(32)29-18-4-3-15(22)11-28-18)30-8-6-20(23,24)17(12-30)14-5-7-31(34-33-2)16(9-14)10-21(25,26)27;1-4(2)3;1-2/h3-5,7,9,11,13,17H,6,8,10,12H2,1-2H3;4H,1-3H3;1-2H3/p+1. The monoisotopic (exact) mass is 581 g/mol. The second-order valence-electron chi connectivity index (χ2n) is 9.63. The van der Waals surface area contributed by atoms with Crippen LogP contribution in [0.2, 0.25) is 0 Å². The van der Waals surface area contributed by atoms with Crippen molar-refractivity contribution in [2.24, 2.45) is 5.92 Å². The molecule has 2 aromatic heterocycles. The first-order valence-electron chi connectivity index (χ1n) is 13.0. The number of rotatable bonds is 7. The van der Waals surface area contributed by atoms with Gasteiger partial charge in [0.25, 0.3) is 5.92 Å². The van der Waals surface area contributed by atoms with Crippen molar-refractivity contribution in [2.45, 2.75) is 78.4 Å². The summed E-state index contributed by atoms with van der Waals surface area (Å²) in [6, 6.07) is 3.75. The molecule has 2 atom stereocenters. The molecule has 13 heteroatoms. The lowest BCUT2D eigenvalue weighted by Gasteiger charge is -2.40. The quantitative estimate of drug-likeness (QED) is 0.196. The Morgan fingerprint density at radius 2 is 1.82 bits per heavy atom. The molecule has 0 spiro atoms. The van der Waals surface area contributed by atoms with Gasteiger partial charge in [0, 0.05) is 36.4 Å². The van der Waals surface area contributed by atoms with Crippen LogP contribution in [-0.2, 0) is 16.1 Å². The summed E-state index contributed by atoms with van der Waals surface area (Å²) in [6.07, 6.45) is -4.63. The summed E-state index contributed by atoms with van der Waals surface area (Å²) < 4.78 is 82.4. The minimum atomic E-state index is -4.61. The second-order valence-corrected chi connectivity index (χ2v) is 9.63. The fourth-order valence-electron chi connectivity index (χ4n) is 3.73. The normalized spacial score (nSPS) is 17.6. The number of aromatic nitrogens is 2. The first-order valence-corrected chi connectivity index (χ1v) is 13.0.